The minimum Gasteiger partial charge on any atom is -0.381 e. The fraction of sp³-hybridized carbons (Fsp3) is 0.688. The van der Waals surface area contributed by atoms with E-state index in [0.29, 0.717) is 6.04 Å². The molecule has 0 aliphatic heterocycles. The first-order valence-corrected chi connectivity index (χ1v) is 7.49. The van der Waals surface area contributed by atoms with Crippen molar-refractivity contribution in [1.29, 1.82) is 0 Å². The van der Waals surface area contributed by atoms with Gasteiger partial charge in [-0.3, -0.25) is 4.98 Å². The summed E-state index contributed by atoms with van der Waals surface area (Å²) in [6, 6.07) is 4.74. The van der Waals surface area contributed by atoms with E-state index in [9.17, 15) is 0 Å². The topological polar surface area (TPSA) is 34.1 Å². The molecular formula is C16H28N2O. The Morgan fingerprint density at radius 2 is 1.79 bits per heavy atom. The normalized spacial score (nSPS) is 11.1. The van der Waals surface area contributed by atoms with Crippen LogP contribution in [0.2, 0.25) is 0 Å². The van der Waals surface area contributed by atoms with Gasteiger partial charge in [0, 0.05) is 31.6 Å². The van der Waals surface area contributed by atoms with E-state index in [1.54, 1.807) is 0 Å². The Kier molecular flexibility index (Phi) is 9.29. The highest BCUT2D eigenvalue weighted by molar-refractivity contribution is 5.09. The molecule has 3 heteroatoms. The number of nitrogens with zero attached hydrogens (tertiary/aromatic N) is 1. The second kappa shape index (κ2) is 10.9. The van der Waals surface area contributed by atoms with Crippen LogP contribution in [0.5, 0.6) is 0 Å². The summed E-state index contributed by atoms with van der Waals surface area (Å²) in [6.07, 6.45) is 9.56. The van der Waals surface area contributed by atoms with Crippen molar-refractivity contribution in [2.75, 3.05) is 19.8 Å². The van der Waals surface area contributed by atoms with Gasteiger partial charge >= 0.3 is 0 Å². The fourth-order valence-electron chi connectivity index (χ4n) is 1.93. The number of hydrogen-bond donors (Lipinski definition) is 1. The molecule has 3 nitrogen and oxygen atoms in total. The van der Waals surface area contributed by atoms with E-state index in [1.165, 1.54) is 24.8 Å². The standard InChI is InChI=1S/C16H28N2O/c1-15(2)18-10-4-3-5-13-19-14-6-7-16-8-11-17-12-9-16/h8-9,11-12,15,18H,3-7,10,13-14H2,1-2H3. The molecule has 1 aromatic heterocycles. The average molecular weight is 264 g/mol. The number of aryl methyl sites for hydroxylation is 1. The molecule has 1 heterocycles. The van der Waals surface area contributed by atoms with Gasteiger partial charge in [-0.1, -0.05) is 13.8 Å². The summed E-state index contributed by atoms with van der Waals surface area (Å²) in [4.78, 5) is 4.01. The summed E-state index contributed by atoms with van der Waals surface area (Å²) < 4.78 is 5.65. The lowest BCUT2D eigenvalue weighted by Crippen LogP contribution is -2.23. The minimum absolute atomic E-state index is 0.601. The number of pyridine rings is 1. The average Bonchev–Trinajstić information content (AvgIpc) is 2.42. The summed E-state index contributed by atoms with van der Waals surface area (Å²) in [5, 5.41) is 3.43. The van der Waals surface area contributed by atoms with Gasteiger partial charge in [0.25, 0.3) is 0 Å². The molecule has 0 saturated heterocycles. The number of unbranched alkanes of at least 4 members (excludes halogenated alkanes) is 2. The maximum Gasteiger partial charge on any atom is 0.0469 e. The minimum atomic E-state index is 0.601. The Hall–Kier alpha value is -0.930. The number of nitrogens with one attached hydrogen (secondary N) is 1. The third kappa shape index (κ3) is 9.62. The van der Waals surface area contributed by atoms with Crippen LogP contribution in [0.25, 0.3) is 0 Å². The molecule has 0 atom stereocenters. The third-order valence-corrected chi connectivity index (χ3v) is 3.02. The van der Waals surface area contributed by atoms with Crippen molar-refractivity contribution in [3.8, 4) is 0 Å². The van der Waals surface area contributed by atoms with Crippen molar-refractivity contribution < 1.29 is 4.74 Å². The number of ether oxygens (including phenoxy) is 1. The predicted octanol–water partition coefficient (Wildman–Crippen LogP) is 3.20. The molecule has 0 saturated carbocycles. The lowest BCUT2D eigenvalue weighted by molar-refractivity contribution is 0.128. The van der Waals surface area contributed by atoms with Crippen LogP contribution in [-0.4, -0.2) is 30.8 Å². The largest absolute Gasteiger partial charge is 0.381 e. The predicted molar refractivity (Wildman–Crippen MR) is 80.4 cm³/mol. The molecule has 0 amide bonds. The van der Waals surface area contributed by atoms with Crippen LogP contribution in [0.3, 0.4) is 0 Å². The van der Waals surface area contributed by atoms with Crippen molar-refractivity contribution in [2.24, 2.45) is 0 Å². The second-order valence-electron chi connectivity index (χ2n) is 5.24. The zero-order valence-corrected chi connectivity index (χ0v) is 12.4. The second-order valence-corrected chi connectivity index (χ2v) is 5.24. The molecule has 0 aliphatic carbocycles. The summed E-state index contributed by atoms with van der Waals surface area (Å²) in [5.74, 6) is 0. The first-order valence-electron chi connectivity index (χ1n) is 7.49. The molecule has 0 aromatic carbocycles. The van der Waals surface area contributed by atoms with Crippen molar-refractivity contribution in [3.05, 3.63) is 30.1 Å². The Balaban J connectivity index is 1.81. The SMILES string of the molecule is CC(C)NCCCCCOCCCc1ccncc1. The molecule has 108 valence electrons. The van der Waals surface area contributed by atoms with Gasteiger partial charge in [0.2, 0.25) is 0 Å². The number of rotatable bonds is 11. The quantitative estimate of drug-likeness (QED) is 0.623. The molecule has 0 fully saturated rings. The molecule has 0 radical (unpaired) electrons. The van der Waals surface area contributed by atoms with E-state index in [1.807, 2.05) is 12.4 Å². The van der Waals surface area contributed by atoms with Gasteiger partial charge in [-0.2, -0.15) is 0 Å². The van der Waals surface area contributed by atoms with E-state index in [4.69, 9.17) is 4.74 Å². The summed E-state index contributed by atoms with van der Waals surface area (Å²) in [5.41, 5.74) is 1.35. The first kappa shape index (κ1) is 16.1. The maximum atomic E-state index is 5.65. The smallest absolute Gasteiger partial charge is 0.0469 e. The fourth-order valence-corrected chi connectivity index (χ4v) is 1.93. The van der Waals surface area contributed by atoms with Crippen LogP contribution >= 0.6 is 0 Å². The van der Waals surface area contributed by atoms with E-state index in [0.717, 1.165) is 32.6 Å². The zero-order chi connectivity index (χ0) is 13.8. The van der Waals surface area contributed by atoms with Gasteiger partial charge < -0.3 is 10.1 Å². The highest BCUT2D eigenvalue weighted by atomic mass is 16.5. The van der Waals surface area contributed by atoms with Crippen LogP contribution in [0.15, 0.2) is 24.5 Å². The van der Waals surface area contributed by atoms with Crippen molar-refractivity contribution >= 4 is 0 Å². The van der Waals surface area contributed by atoms with Crippen molar-refractivity contribution in [3.63, 3.8) is 0 Å². The van der Waals surface area contributed by atoms with Crippen LogP contribution in [0.1, 0.15) is 45.1 Å². The highest BCUT2D eigenvalue weighted by Crippen LogP contribution is 2.01. The van der Waals surface area contributed by atoms with Gasteiger partial charge in [0.1, 0.15) is 0 Å². The van der Waals surface area contributed by atoms with Crippen LogP contribution in [-0.2, 0) is 11.2 Å². The highest BCUT2D eigenvalue weighted by Gasteiger charge is 1.95. The summed E-state index contributed by atoms with van der Waals surface area (Å²) in [6.45, 7) is 7.27. The van der Waals surface area contributed by atoms with Gasteiger partial charge in [-0.15, -0.1) is 0 Å². The van der Waals surface area contributed by atoms with E-state index < -0.39 is 0 Å². The Labute approximate surface area is 117 Å². The van der Waals surface area contributed by atoms with Crippen LogP contribution in [0.4, 0.5) is 0 Å². The molecule has 0 spiro atoms. The Bertz CT molecular complexity index is 301. The first-order chi connectivity index (χ1) is 9.29. The molecule has 0 bridgehead atoms. The van der Waals surface area contributed by atoms with Gasteiger partial charge in [0.15, 0.2) is 0 Å². The lowest BCUT2D eigenvalue weighted by Gasteiger charge is -2.07. The summed E-state index contributed by atoms with van der Waals surface area (Å²) >= 11 is 0. The number of hydrogen-bond acceptors (Lipinski definition) is 3. The molecular weight excluding hydrogens is 236 g/mol. The molecule has 19 heavy (non-hydrogen) atoms. The third-order valence-electron chi connectivity index (χ3n) is 3.02. The molecule has 1 N–H and O–H groups in total. The summed E-state index contributed by atoms with van der Waals surface area (Å²) in [7, 11) is 0. The molecule has 0 aliphatic rings. The Morgan fingerprint density at radius 1 is 1.05 bits per heavy atom. The van der Waals surface area contributed by atoms with Crippen LogP contribution < -0.4 is 5.32 Å². The lowest BCUT2D eigenvalue weighted by atomic mass is 10.1. The maximum absolute atomic E-state index is 5.65. The van der Waals surface area contributed by atoms with Crippen LogP contribution in [0, 0.1) is 0 Å². The van der Waals surface area contributed by atoms with Crippen molar-refractivity contribution in [2.45, 2.75) is 52.0 Å². The Morgan fingerprint density at radius 3 is 2.53 bits per heavy atom. The van der Waals surface area contributed by atoms with E-state index in [2.05, 4.69) is 36.3 Å². The van der Waals surface area contributed by atoms with E-state index >= 15 is 0 Å². The molecule has 0 unspecified atom stereocenters. The number of aromatic nitrogens is 1. The van der Waals surface area contributed by atoms with Gasteiger partial charge in [-0.05, 0) is 56.3 Å². The monoisotopic (exact) mass is 264 g/mol. The van der Waals surface area contributed by atoms with Gasteiger partial charge in [0.05, 0.1) is 0 Å². The van der Waals surface area contributed by atoms with Gasteiger partial charge in [-0.25, -0.2) is 0 Å². The van der Waals surface area contributed by atoms with E-state index in [-0.39, 0.29) is 0 Å². The molecule has 1 rings (SSSR count). The zero-order valence-electron chi connectivity index (χ0n) is 12.4. The van der Waals surface area contributed by atoms with Crippen molar-refractivity contribution in [1.82, 2.24) is 10.3 Å². The molecule has 1 aromatic rings.